The molecule has 2 aromatic rings. The van der Waals surface area contributed by atoms with Gasteiger partial charge in [-0.15, -0.1) is 0 Å². The molecular formula is C20H24BrClN2O4S. The molecule has 0 aromatic heterocycles. The number of nitrogens with zero attached hydrogens (tertiary/aromatic N) is 1. The van der Waals surface area contributed by atoms with E-state index < -0.39 is 10.0 Å². The van der Waals surface area contributed by atoms with E-state index in [2.05, 4.69) is 21.2 Å². The van der Waals surface area contributed by atoms with Crippen LogP contribution in [0.4, 0.5) is 0 Å². The monoisotopic (exact) mass is 502 g/mol. The quantitative estimate of drug-likeness (QED) is 0.473. The van der Waals surface area contributed by atoms with E-state index in [-0.39, 0.29) is 23.9 Å². The van der Waals surface area contributed by atoms with E-state index in [1.807, 2.05) is 31.2 Å². The summed E-state index contributed by atoms with van der Waals surface area (Å²) in [6.07, 6.45) is 0.663. The minimum Gasteiger partial charge on any atom is -0.382 e. The Labute approximate surface area is 185 Å². The molecule has 0 radical (unpaired) electrons. The second-order valence-corrected chi connectivity index (χ2v) is 9.54. The third-order valence-electron chi connectivity index (χ3n) is 4.04. The number of sulfonamides is 1. The lowest BCUT2D eigenvalue weighted by atomic mass is 10.2. The number of nitrogens with one attached hydrogen (secondary N) is 1. The number of carbonyl (C=O) groups excluding carboxylic acids is 1. The molecule has 2 aromatic carbocycles. The van der Waals surface area contributed by atoms with Gasteiger partial charge in [-0.2, -0.15) is 4.31 Å². The van der Waals surface area contributed by atoms with Crippen molar-refractivity contribution >= 4 is 43.5 Å². The molecule has 0 heterocycles. The maximum Gasteiger partial charge on any atom is 0.243 e. The van der Waals surface area contributed by atoms with Gasteiger partial charge in [0.05, 0.1) is 11.4 Å². The zero-order valence-corrected chi connectivity index (χ0v) is 19.3. The number of halogens is 2. The van der Waals surface area contributed by atoms with Crippen molar-refractivity contribution in [3.63, 3.8) is 0 Å². The molecule has 1 amide bonds. The van der Waals surface area contributed by atoms with Crippen LogP contribution in [0.2, 0.25) is 5.02 Å². The molecule has 0 fully saturated rings. The van der Waals surface area contributed by atoms with Gasteiger partial charge in [0.15, 0.2) is 0 Å². The zero-order valence-electron chi connectivity index (χ0n) is 16.1. The first kappa shape index (κ1) is 23.8. The second kappa shape index (κ2) is 11.7. The van der Waals surface area contributed by atoms with Gasteiger partial charge in [-0.25, -0.2) is 8.42 Å². The summed E-state index contributed by atoms with van der Waals surface area (Å²) in [6.45, 7) is 3.28. The lowest BCUT2D eigenvalue weighted by Gasteiger charge is -2.22. The first-order valence-corrected chi connectivity index (χ1v) is 11.8. The van der Waals surface area contributed by atoms with E-state index in [1.165, 1.54) is 24.3 Å². The van der Waals surface area contributed by atoms with Gasteiger partial charge in [0.1, 0.15) is 0 Å². The predicted molar refractivity (Wildman–Crippen MR) is 117 cm³/mol. The number of hydrogen-bond donors (Lipinski definition) is 1. The highest BCUT2D eigenvalue weighted by Gasteiger charge is 2.26. The molecule has 0 atom stereocenters. The largest absolute Gasteiger partial charge is 0.382 e. The maximum absolute atomic E-state index is 13.1. The predicted octanol–water partition coefficient (Wildman–Crippen LogP) is 3.84. The standard InChI is InChI=1S/C20H24BrClN2O4S/c1-2-28-13-3-12-23-20(25)15-24(14-16-4-6-17(21)7-5-16)29(26,27)19-10-8-18(22)9-11-19/h4-11H,2-3,12-15H2,1H3,(H,23,25). The average Bonchev–Trinajstić information content (AvgIpc) is 2.69. The molecule has 9 heteroatoms. The van der Waals surface area contributed by atoms with Crippen molar-refractivity contribution in [1.29, 1.82) is 0 Å². The summed E-state index contributed by atoms with van der Waals surface area (Å²) in [5.41, 5.74) is 0.773. The van der Waals surface area contributed by atoms with Crippen LogP contribution < -0.4 is 5.32 Å². The van der Waals surface area contributed by atoms with Crippen LogP contribution in [0.5, 0.6) is 0 Å². The fourth-order valence-corrected chi connectivity index (χ4v) is 4.31. The Hall–Kier alpha value is -1.45. The second-order valence-electron chi connectivity index (χ2n) is 6.25. The molecule has 0 aliphatic heterocycles. The van der Waals surface area contributed by atoms with Crippen molar-refractivity contribution in [2.75, 3.05) is 26.3 Å². The van der Waals surface area contributed by atoms with Gasteiger partial charge in [0.25, 0.3) is 0 Å². The lowest BCUT2D eigenvalue weighted by Crippen LogP contribution is -2.40. The average molecular weight is 504 g/mol. The third kappa shape index (κ3) is 7.71. The summed E-state index contributed by atoms with van der Waals surface area (Å²) >= 11 is 9.24. The number of rotatable bonds is 11. The van der Waals surface area contributed by atoms with Crippen LogP contribution in [0.1, 0.15) is 18.9 Å². The fourth-order valence-electron chi connectivity index (χ4n) is 2.54. The van der Waals surface area contributed by atoms with Crippen LogP contribution in [0.3, 0.4) is 0 Å². The van der Waals surface area contributed by atoms with E-state index >= 15 is 0 Å². The summed E-state index contributed by atoms with van der Waals surface area (Å²) < 4.78 is 33.6. The van der Waals surface area contributed by atoms with E-state index in [1.54, 1.807) is 0 Å². The fraction of sp³-hybridized carbons (Fsp3) is 0.350. The first-order valence-electron chi connectivity index (χ1n) is 9.17. The normalized spacial score (nSPS) is 11.6. The minimum atomic E-state index is -3.88. The molecule has 29 heavy (non-hydrogen) atoms. The minimum absolute atomic E-state index is 0.0740. The van der Waals surface area contributed by atoms with Crippen LogP contribution in [-0.2, 0) is 26.1 Å². The molecule has 0 saturated heterocycles. The molecule has 6 nitrogen and oxygen atoms in total. The number of ether oxygens (including phenoxy) is 1. The Morgan fingerprint density at radius 2 is 1.79 bits per heavy atom. The van der Waals surface area contributed by atoms with Crippen molar-refractivity contribution in [3.8, 4) is 0 Å². The van der Waals surface area contributed by atoms with Gasteiger partial charge < -0.3 is 10.1 Å². The molecule has 1 N–H and O–H groups in total. The molecule has 0 aliphatic carbocycles. The van der Waals surface area contributed by atoms with Gasteiger partial charge in [-0.05, 0) is 55.3 Å². The molecule has 0 unspecified atom stereocenters. The molecule has 2 rings (SSSR count). The van der Waals surface area contributed by atoms with Gasteiger partial charge in [0, 0.05) is 35.8 Å². The van der Waals surface area contributed by atoms with Crippen LogP contribution in [0.15, 0.2) is 57.9 Å². The lowest BCUT2D eigenvalue weighted by molar-refractivity contribution is -0.121. The Bertz CT molecular complexity index is 890. The number of benzene rings is 2. The number of carbonyl (C=O) groups is 1. The van der Waals surface area contributed by atoms with E-state index in [9.17, 15) is 13.2 Å². The van der Waals surface area contributed by atoms with Crippen LogP contribution >= 0.6 is 27.5 Å². The van der Waals surface area contributed by atoms with E-state index in [0.29, 0.717) is 31.2 Å². The summed E-state index contributed by atoms with van der Waals surface area (Å²) in [5.74, 6) is -0.365. The number of amides is 1. The highest BCUT2D eigenvalue weighted by atomic mass is 79.9. The highest BCUT2D eigenvalue weighted by molar-refractivity contribution is 9.10. The molecule has 158 valence electrons. The summed E-state index contributed by atoms with van der Waals surface area (Å²) in [5, 5.41) is 3.19. The highest BCUT2D eigenvalue weighted by Crippen LogP contribution is 2.21. The van der Waals surface area contributed by atoms with Crippen molar-refractivity contribution in [2.45, 2.75) is 24.8 Å². The molecule has 0 saturated carbocycles. The van der Waals surface area contributed by atoms with Crippen LogP contribution in [0, 0.1) is 0 Å². The Kier molecular flexibility index (Phi) is 9.58. The molecular weight excluding hydrogens is 480 g/mol. The van der Waals surface area contributed by atoms with Crippen molar-refractivity contribution in [1.82, 2.24) is 9.62 Å². The zero-order chi connectivity index (χ0) is 21.3. The summed E-state index contributed by atoms with van der Waals surface area (Å²) in [6, 6.07) is 13.2. The molecule has 0 bridgehead atoms. The molecule has 0 spiro atoms. The first-order chi connectivity index (χ1) is 13.8. The Morgan fingerprint density at radius 3 is 2.41 bits per heavy atom. The van der Waals surface area contributed by atoms with Crippen LogP contribution in [-0.4, -0.2) is 44.9 Å². The maximum atomic E-state index is 13.1. The number of hydrogen-bond acceptors (Lipinski definition) is 4. The van der Waals surface area contributed by atoms with Crippen molar-refractivity contribution in [3.05, 3.63) is 63.6 Å². The Morgan fingerprint density at radius 1 is 1.14 bits per heavy atom. The smallest absolute Gasteiger partial charge is 0.243 e. The SMILES string of the molecule is CCOCCCNC(=O)CN(Cc1ccc(Br)cc1)S(=O)(=O)c1ccc(Cl)cc1. The summed E-state index contributed by atoms with van der Waals surface area (Å²) in [4.78, 5) is 12.5. The van der Waals surface area contributed by atoms with Crippen molar-refractivity contribution < 1.29 is 17.9 Å². The summed E-state index contributed by atoms with van der Waals surface area (Å²) in [7, 11) is -3.88. The molecule has 0 aliphatic rings. The topological polar surface area (TPSA) is 75.7 Å². The van der Waals surface area contributed by atoms with Crippen molar-refractivity contribution in [2.24, 2.45) is 0 Å². The van der Waals surface area contributed by atoms with Gasteiger partial charge in [0.2, 0.25) is 15.9 Å². The van der Waals surface area contributed by atoms with Gasteiger partial charge >= 0.3 is 0 Å². The van der Waals surface area contributed by atoms with E-state index in [0.717, 1.165) is 14.3 Å². The van der Waals surface area contributed by atoms with Gasteiger partial charge in [-0.3, -0.25) is 4.79 Å². The van der Waals surface area contributed by atoms with E-state index in [4.69, 9.17) is 16.3 Å². The Balaban J connectivity index is 2.15. The van der Waals surface area contributed by atoms with Gasteiger partial charge in [-0.1, -0.05) is 39.7 Å². The third-order valence-corrected chi connectivity index (χ3v) is 6.62. The van der Waals surface area contributed by atoms with Crippen LogP contribution in [0.25, 0.3) is 0 Å².